The van der Waals surface area contributed by atoms with E-state index in [2.05, 4.69) is 15.3 Å². The summed E-state index contributed by atoms with van der Waals surface area (Å²) in [5.74, 6) is -0.675. The number of alkyl halides is 1. The zero-order chi connectivity index (χ0) is 19.7. The highest BCUT2D eigenvalue weighted by Gasteiger charge is 2.32. The summed E-state index contributed by atoms with van der Waals surface area (Å²) in [5, 5.41) is 12.5. The Morgan fingerprint density at radius 1 is 1.18 bits per heavy atom. The maximum atomic E-state index is 14.9. The van der Waals surface area contributed by atoms with Crippen LogP contribution >= 0.6 is 0 Å². The first-order valence-corrected chi connectivity index (χ1v) is 9.43. The lowest BCUT2D eigenvalue weighted by Gasteiger charge is -2.35. The van der Waals surface area contributed by atoms with Gasteiger partial charge in [0.2, 0.25) is 0 Å². The maximum Gasteiger partial charge on any atom is 0.173 e. The lowest BCUT2D eigenvalue weighted by atomic mass is 9.88. The van der Waals surface area contributed by atoms with Crippen molar-refractivity contribution in [1.29, 1.82) is 5.26 Å². The molecule has 2 heterocycles. The number of rotatable bonds is 5. The van der Waals surface area contributed by atoms with Crippen LogP contribution in [0.15, 0.2) is 24.4 Å². The largest absolute Gasteiger partial charge is 0.364 e. The van der Waals surface area contributed by atoms with E-state index in [0.717, 1.165) is 25.0 Å². The number of nitrogens with zero attached hydrogens (tertiary/aromatic N) is 4. The third kappa shape index (κ3) is 3.88. The molecule has 2 fully saturated rings. The van der Waals surface area contributed by atoms with Crippen LogP contribution in [0.4, 0.5) is 24.8 Å². The quantitative estimate of drug-likeness (QED) is 0.836. The Morgan fingerprint density at radius 3 is 2.57 bits per heavy atom. The Balaban J connectivity index is 1.47. The highest BCUT2D eigenvalue weighted by Crippen LogP contribution is 2.37. The molecule has 0 amide bonds. The number of anilines is 2. The van der Waals surface area contributed by atoms with Crippen molar-refractivity contribution >= 4 is 11.6 Å². The summed E-state index contributed by atoms with van der Waals surface area (Å²) in [6, 6.07) is 5.37. The van der Waals surface area contributed by atoms with Crippen molar-refractivity contribution in [3.8, 4) is 6.07 Å². The Morgan fingerprint density at radius 2 is 1.93 bits per heavy atom. The number of nitrogens with one attached hydrogen (secondary N) is 1. The van der Waals surface area contributed by atoms with Crippen LogP contribution in [-0.4, -0.2) is 29.1 Å². The van der Waals surface area contributed by atoms with Gasteiger partial charge in [-0.15, -0.1) is 0 Å². The van der Waals surface area contributed by atoms with E-state index in [-0.39, 0.29) is 17.2 Å². The molecule has 2 aliphatic rings. The summed E-state index contributed by atoms with van der Waals surface area (Å²) in [6.45, 7) is 1.05. The average molecular weight is 387 g/mol. The van der Waals surface area contributed by atoms with Gasteiger partial charge < -0.3 is 10.2 Å². The molecule has 8 heteroatoms. The van der Waals surface area contributed by atoms with Crippen molar-refractivity contribution < 1.29 is 13.2 Å². The Labute approximate surface area is 161 Å². The monoisotopic (exact) mass is 387 g/mol. The molecule has 146 valence electrons. The number of benzene rings is 1. The van der Waals surface area contributed by atoms with Gasteiger partial charge in [0.25, 0.3) is 0 Å². The van der Waals surface area contributed by atoms with Crippen LogP contribution in [0.25, 0.3) is 0 Å². The summed E-state index contributed by atoms with van der Waals surface area (Å²) in [7, 11) is 0. The topological polar surface area (TPSA) is 64.8 Å². The van der Waals surface area contributed by atoms with Crippen LogP contribution in [0, 0.1) is 28.9 Å². The normalized spacial score (nSPS) is 18.6. The van der Waals surface area contributed by atoms with Gasteiger partial charge >= 0.3 is 0 Å². The van der Waals surface area contributed by atoms with Gasteiger partial charge in [-0.2, -0.15) is 5.26 Å². The van der Waals surface area contributed by atoms with E-state index in [1.807, 2.05) is 11.0 Å². The maximum absolute atomic E-state index is 14.9. The first-order valence-electron chi connectivity index (χ1n) is 9.43. The molecular weight excluding hydrogens is 367 g/mol. The van der Waals surface area contributed by atoms with Crippen molar-refractivity contribution in [2.45, 2.75) is 37.9 Å². The van der Waals surface area contributed by atoms with Crippen molar-refractivity contribution in [3.63, 3.8) is 0 Å². The summed E-state index contributed by atoms with van der Waals surface area (Å²) in [5.41, 5.74) is 0.137. The lowest BCUT2D eigenvalue weighted by molar-refractivity contribution is 0.193. The smallest absolute Gasteiger partial charge is 0.173 e. The molecule has 5 nitrogen and oxygen atoms in total. The molecule has 0 radical (unpaired) electrons. The second-order valence-electron chi connectivity index (χ2n) is 7.35. The van der Waals surface area contributed by atoms with E-state index in [4.69, 9.17) is 5.26 Å². The number of nitriles is 1. The number of hydrogen-bond donors (Lipinski definition) is 1. The third-order valence-corrected chi connectivity index (χ3v) is 5.30. The van der Waals surface area contributed by atoms with Crippen LogP contribution < -0.4 is 10.2 Å². The summed E-state index contributed by atoms with van der Waals surface area (Å²) in [4.78, 5) is 10.7. The van der Waals surface area contributed by atoms with Crippen LogP contribution in [0.1, 0.15) is 43.1 Å². The van der Waals surface area contributed by atoms with Gasteiger partial charge in [0.05, 0.1) is 6.20 Å². The summed E-state index contributed by atoms with van der Waals surface area (Å²) in [6.07, 6.45) is 3.11. The number of aromatic nitrogens is 2. The molecule has 4 rings (SSSR count). The number of hydrogen-bond acceptors (Lipinski definition) is 5. The molecule has 1 unspecified atom stereocenters. The minimum absolute atomic E-state index is 0.0952. The second kappa shape index (κ2) is 7.66. The fourth-order valence-electron chi connectivity index (χ4n) is 3.56. The fraction of sp³-hybridized carbons (Fsp3) is 0.450. The van der Waals surface area contributed by atoms with E-state index in [1.54, 1.807) is 0 Å². The molecular formula is C20H20F3N5. The van der Waals surface area contributed by atoms with E-state index < -0.39 is 17.8 Å². The zero-order valence-electron chi connectivity index (χ0n) is 15.2. The van der Waals surface area contributed by atoms with E-state index in [0.29, 0.717) is 43.6 Å². The molecule has 28 heavy (non-hydrogen) atoms. The van der Waals surface area contributed by atoms with E-state index >= 15 is 0 Å². The summed E-state index contributed by atoms with van der Waals surface area (Å²) < 4.78 is 41.8. The van der Waals surface area contributed by atoms with Crippen LogP contribution in [-0.2, 0) is 0 Å². The van der Waals surface area contributed by atoms with Gasteiger partial charge in [-0.1, -0.05) is 6.07 Å². The minimum atomic E-state index is -1.48. The van der Waals surface area contributed by atoms with E-state index in [9.17, 15) is 13.2 Å². The second-order valence-corrected chi connectivity index (χ2v) is 7.35. The molecule has 1 aromatic carbocycles. The number of halogens is 3. The third-order valence-electron chi connectivity index (χ3n) is 5.30. The minimum Gasteiger partial charge on any atom is -0.364 e. The van der Waals surface area contributed by atoms with Gasteiger partial charge in [0.15, 0.2) is 17.3 Å². The number of piperidine rings is 1. The van der Waals surface area contributed by atoms with Crippen LogP contribution in [0.5, 0.6) is 0 Å². The first kappa shape index (κ1) is 18.5. The standard InChI is InChI=1S/C20H20F3N5/c21-13-1-4-16(17(22)9-13)18(23)12-5-7-28(8-6-12)20-19(26-14-2-3-14)25-11-15(10-24)27-20/h1,4,9,11-12,14,18H,2-3,5-8H2,(H,25,26). The van der Waals surface area contributed by atoms with Crippen molar-refractivity contribution in [2.24, 2.45) is 5.92 Å². The highest BCUT2D eigenvalue weighted by molar-refractivity contribution is 5.62. The van der Waals surface area contributed by atoms with Crippen molar-refractivity contribution in [3.05, 3.63) is 47.3 Å². The van der Waals surface area contributed by atoms with Crippen molar-refractivity contribution in [1.82, 2.24) is 9.97 Å². The molecule has 1 saturated carbocycles. The van der Waals surface area contributed by atoms with Crippen LogP contribution in [0.2, 0.25) is 0 Å². The fourth-order valence-corrected chi connectivity index (χ4v) is 3.56. The molecule has 0 spiro atoms. The predicted molar refractivity (Wildman–Crippen MR) is 98.5 cm³/mol. The Bertz CT molecular complexity index is 901. The SMILES string of the molecule is N#Cc1cnc(NC2CC2)c(N2CCC(C(F)c3ccc(F)cc3F)CC2)n1. The van der Waals surface area contributed by atoms with Crippen molar-refractivity contribution in [2.75, 3.05) is 23.3 Å². The lowest BCUT2D eigenvalue weighted by Crippen LogP contribution is -2.36. The van der Waals surface area contributed by atoms with E-state index in [1.165, 1.54) is 12.3 Å². The van der Waals surface area contributed by atoms with Gasteiger partial charge in [-0.3, -0.25) is 0 Å². The molecule has 0 bridgehead atoms. The van der Waals surface area contributed by atoms with Gasteiger partial charge in [0.1, 0.15) is 23.9 Å². The highest BCUT2D eigenvalue weighted by atomic mass is 19.1. The van der Waals surface area contributed by atoms with Gasteiger partial charge in [-0.05, 0) is 37.7 Å². The Hall–Kier alpha value is -2.82. The molecule has 1 atom stereocenters. The molecule has 1 saturated heterocycles. The molecule has 1 aliphatic carbocycles. The van der Waals surface area contributed by atoms with Gasteiger partial charge in [0, 0.05) is 30.8 Å². The molecule has 2 aromatic rings. The van der Waals surface area contributed by atoms with Gasteiger partial charge in [-0.25, -0.2) is 23.1 Å². The molecule has 1 aliphatic heterocycles. The molecule has 1 N–H and O–H groups in total. The van der Waals surface area contributed by atoms with Crippen LogP contribution in [0.3, 0.4) is 0 Å². The molecule has 1 aromatic heterocycles. The zero-order valence-corrected chi connectivity index (χ0v) is 15.2. The Kier molecular flexibility index (Phi) is 5.07. The first-order chi connectivity index (χ1) is 13.5. The predicted octanol–water partition coefficient (Wildman–Crippen LogP) is 4.13. The summed E-state index contributed by atoms with van der Waals surface area (Å²) >= 11 is 0. The average Bonchev–Trinajstić information content (AvgIpc) is 3.52.